The van der Waals surface area contributed by atoms with E-state index in [-0.39, 0.29) is 0 Å². The first kappa shape index (κ1) is 13.7. The van der Waals surface area contributed by atoms with Crippen LogP contribution in [0, 0.1) is 0 Å². The smallest absolute Gasteiger partial charge is 0.103 e. The Balaban J connectivity index is 1.94. The molecule has 98 valence electrons. The minimum absolute atomic E-state index is 0.460. The fourth-order valence-electron chi connectivity index (χ4n) is 2.46. The van der Waals surface area contributed by atoms with Crippen LogP contribution in [0.3, 0.4) is 0 Å². The van der Waals surface area contributed by atoms with Crippen molar-refractivity contribution in [3.63, 3.8) is 0 Å². The lowest BCUT2D eigenvalue weighted by atomic mass is 9.94. The predicted molar refractivity (Wildman–Crippen MR) is 85.5 cm³/mol. The van der Waals surface area contributed by atoms with Crippen molar-refractivity contribution in [2.45, 2.75) is 37.0 Å². The fourth-order valence-corrected chi connectivity index (χ4v) is 3.42. The molecule has 0 aromatic heterocycles. The van der Waals surface area contributed by atoms with Gasteiger partial charge in [-0.1, -0.05) is 18.6 Å². The van der Waals surface area contributed by atoms with E-state index in [9.17, 15) is 0 Å². The zero-order valence-electron chi connectivity index (χ0n) is 10.7. The maximum atomic E-state index is 5.59. The van der Waals surface area contributed by atoms with Crippen molar-refractivity contribution in [3.8, 4) is 0 Å². The van der Waals surface area contributed by atoms with Crippen molar-refractivity contribution >= 4 is 34.7 Å². The third kappa shape index (κ3) is 3.62. The van der Waals surface area contributed by atoms with E-state index in [1.807, 2.05) is 23.9 Å². The predicted octanol–water partition coefficient (Wildman–Crippen LogP) is 3.41. The number of hydrogen-bond acceptors (Lipinski definition) is 3. The van der Waals surface area contributed by atoms with E-state index in [2.05, 4.69) is 23.7 Å². The van der Waals surface area contributed by atoms with Gasteiger partial charge >= 0.3 is 0 Å². The summed E-state index contributed by atoms with van der Waals surface area (Å²) in [5.74, 6) is 0. The summed E-state index contributed by atoms with van der Waals surface area (Å²) in [5, 5.41) is 4.43. The van der Waals surface area contributed by atoms with Crippen molar-refractivity contribution in [3.05, 3.63) is 29.8 Å². The van der Waals surface area contributed by atoms with Gasteiger partial charge in [-0.15, -0.1) is 0 Å². The normalized spacial score (nSPS) is 23.6. The monoisotopic (exact) mass is 280 g/mol. The molecule has 4 heteroatoms. The van der Waals surface area contributed by atoms with Crippen LogP contribution in [0.5, 0.6) is 0 Å². The molecule has 0 aliphatic heterocycles. The van der Waals surface area contributed by atoms with Crippen LogP contribution in [0.2, 0.25) is 0 Å². The molecular weight excluding hydrogens is 260 g/mol. The number of thiocarbonyl (C=S) groups is 1. The molecule has 1 saturated carbocycles. The first-order chi connectivity index (χ1) is 8.69. The van der Waals surface area contributed by atoms with E-state index in [1.54, 1.807) is 0 Å². The lowest BCUT2D eigenvalue weighted by Gasteiger charge is -2.29. The fraction of sp³-hybridized carbons (Fsp3) is 0.500. The Labute approximate surface area is 119 Å². The number of nitrogens with one attached hydrogen (secondary N) is 1. The summed E-state index contributed by atoms with van der Waals surface area (Å²) in [6.07, 6.45) is 7.43. The molecule has 2 rings (SSSR count). The largest absolute Gasteiger partial charge is 0.389 e. The molecule has 2 nitrogen and oxygen atoms in total. The Kier molecular flexibility index (Phi) is 4.89. The summed E-state index contributed by atoms with van der Waals surface area (Å²) in [7, 11) is 0. The van der Waals surface area contributed by atoms with Gasteiger partial charge < -0.3 is 11.1 Å². The van der Waals surface area contributed by atoms with Crippen molar-refractivity contribution in [1.82, 2.24) is 0 Å². The number of anilines is 1. The van der Waals surface area contributed by atoms with Gasteiger partial charge in [0, 0.05) is 22.5 Å². The lowest BCUT2D eigenvalue weighted by molar-refractivity contribution is 0.473. The van der Waals surface area contributed by atoms with Gasteiger partial charge in [0.2, 0.25) is 0 Å². The molecular formula is C14H20N2S2. The maximum Gasteiger partial charge on any atom is 0.103 e. The Hall–Kier alpha value is -0.740. The van der Waals surface area contributed by atoms with E-state index < -0.39 is 0 Å². The van der Waals surface area contributed by atoms with Gasteiger partial charge in [-0.2, -0.15) is 11.8 Å². The second-order valence-corrected chi connectivity index (χ2v) is 6.39. The molecule has 1 aliphatic carbocycles. The van der Waals surface area contributed by atoms with E-state index in [4.69, 9.17) is 18.0 Å². The molecule has 0 radical (unpaired) electrons. The van der Waals surface area contributed by atoms with Gasteiger partial charge in [0.15, 0.2) is 0 Å². The van der Waals surface area contributed by atoms with Crippen molar-refractivity contribution in [2.24, 2.45) is 5.73 Å². The van der Waals surface area contributed by atoms with Crippen LogP contribution in [-0.4, -0.2) is 22.5 Å². The van der Waals surface area contributed by atoms with E-state index >= 15 is 0 Å². The minimum Gasteiger partial charge on any atom is -0.389 e. The molecule has 0 saturated heterocycles. The first-order valence-corrected chi connectivity index (χ1v) is 8.08. The highest BCUT2D eigenvalue weighted by atomic mass is 32.2. The summed E-state index contributed by atoms with van der Waals surface area (Å²) in [5.41, 5.74) is 7.69. The molecule has 2 unspecified atom stereocenters. The second-order valence-electron chi connectivity index (χ2n) is 4.81. The number of hydrogen-bond donors (Lipinski definition) is 2. The maximum absolute atomic E-state index is 5.59. The van der Waals surface area contributed by atoms with Crippen LogP contribution in [-0.2, 0) is 0 Å². The molecule has 2 atom stereocenters. The van der Waals surface area contributed by atoms with Crippen LogP contribution in [0.4, 0.5) is 5.69 Å². The van der Waals surface area contributed by atoms with Gasteiger partial charge in [0.05, 0.1) is 0 Å². The molecule has 1 aromatic carbocycles. The molecule has 0 spiro atoms. The summed E-state index contributed by atoms with van der Waals surface area (Å²) in [4.78, 5) is 0.460. The highest BCUT2D eigenvalue weighted by molar-refractivity contribution is 7.99. The SMILES string of the molecule is CSC1CCCC(Nc2ccc(C(N)=S)cc2)C1. The van der Waals surface area contributed by atoms with Crippen LogP contribution in [0.25, 0.3) is 0 Å². The highest BCUT2D eigenvalue weighted by Crippen LogP contribution is 2.28. The molecule has 1 aliphatic rings. The molecule has 1 fully saturated rings. The third-order valence-electron chi connectivity index (χ3n) is 3.50. The number of rotatable bonds is 4. The summed E-state index contributed by atoms with van der Waals surface area (Å²) < 4.78 is 0. The molecule has 0 bridgehead atoms. The molecule has 0 amide bonds. The van der Waals surface area contributed by atoms with Crippen LogP contribution in [0.15, 0.2) is 24.3 Å². The number of benzene rings is 1. The van der Waals surface area contributed by atoms with Crippen molar-refractivity contribution in [1.29, 1.82) is 0 Å². The van der Waals surface area contributed by atoms with E-state index in [1.165, 1.54) is 31.4 Å². The molecule has 1 aromatic rings. The Morgan fingerprint density at radius 3 is 2.67 bits per heavy atom. The van der Waals surface area contributed by atoms with E-state index in [0.29, 0.717) is 11.0 Å². The van der Waals surface area contributed by atoms with Gasteiger partial charge in [-0.05, 0) is 49.8 Å². The molecule has 3 N–H and O–H groups in total. The third-order valence-corrected chi connectivity index (χ3v) is 4.83. The summed E-state index contributed by atoms with van der Waals surface area (Å²) >= 11 is 6.95. The molecule has 0 heterocycles. The van der Waals surface area contributed by atoms with Crippen LogP contribution >= 0.6 is 24.0 Å². The van der Waals surface area contributed by atoms with Gasteiger partial charge in [0.1, 0.15) is 4.99 Å². The van der Waals surface area contributed by atoms with E-state index in [0.717, 1.165) is 10.8 Å². The van der Waals surface area contributed by atoms with Crippen molar-refractivity contribution in [2.75, 3.05) is 11.6 Å². The zero-order chi connectivity index (χ0) is 13.0. The minimum atomic E-state index is 0.460. The number of nitrogens with two attached hydrogens (primary N) is 1. The summed E-state index contributed by atoms with van der Waals surface area (Å²) in [6, 6.07) is 8.71. The average molecular weight is 280 g/mol. The van der Waals surface area contributed by atoms with Crippen molar-refractivity contribution < 1.29 is 0 Å². The highest BCUT2D eigenvalue weighted by Gasteiger charge is 2.20. The number of thioether (sulfide) groups is 1. The lowest BCUT2D eigenvalue weighted by Crippen LogP contribution is -2.28. The van der Waals surface area contributed by atoms with Gasteiger partial charge in [0.25, 0.3) is 0 Å². The van der Waals surface area contributed by atoms with Gasteiger partial charge in [-0.25, -0.2) is 0 Å². The second kappa shape index (κ2) is 6.43. The first-order valence-electron chi connectivity index (χ1n) is 6.38. The molecule has 18 heavy (non-hydrogen) atoms. The Morgan fingerprint density at radius 2 is 2.06 bits per heavy atom. The topological polar surface area (TPSA) is 38.0 Å². The van der Waals surface area contributed by atoms with Crippen LogP contribution < -0.4 is 11.1 Å². The van der Waals surface area contributed by atoms with Crippen LogP contribution in [0.1, 0.15) is 31.2 Å². The average Bonchev–Trinajstić information content (AvgIpc) is 2.39. The van der Waals surface area contributed by atoms with Gasteiger partial charge in [-0.3, -0.25) is 0 Å². The zero-order valence-corrected chi connectivity index (χ0v) is 12.3. The summed E-state index contributed by atoms with van der Waals surface area (Å²) in [6.45, 7) is 0. The Morgan fingerprint density at radius 1 is 1.33 bits per heavy atom. The quantitative estimate of drug-likeness (QED) is 0.829. The Bertz CT molecular complexity index is 403. The standard InChI is InChI=1S/C14H20N2S2/c1-18-13-4-2-3-12(9-13)16-11-7-5-10(6-8-11)14(15)17/h5-8,12-13,16H,2-4,9H2,1H3,(H2,15,17).